The SMILES string of the molecule is CC1(C)c2ccccc2-c2ccc(-n3c4ccccc4c4c5c6ccccc6n(-c6cccc(-c7cccc8c7Cc7c(-c9ccccc9)cccc7-8)c6)c5ccc43)cc21. The maximum atomic E-state index is 2.49. The minimum atomic E-state index is -0.0785. The van der Waals surface area contributed by atoms with Crippen LogP contribution >= 0.6 is 0 Å². The quantitative estimate of drug-likeness (QED) is 0.169. The van der Waals surface area contributed by atoms with Crippen LogP contribution in [-0.2, 0) is 11.8 Å². The molecule has 0 radical (unpaired) electrons. The summed E-state index contributed by atoms with van der Waals surface area (Å²) in [7, 11) is 0. The predicted octanol–water partition coefficient (Wildman–Crippen LogP) is 15.1. The molecule has 9 aromatic carbocycles. The van der Waals surface area contributed by atoms with Crippen molar-refractivity contribution >= 4 is 43.6 Å². The third-order valence-corrected chi connectivity index (χ3v) is 13.8. The Morgan fingerprint density at radius 1 is 0.350 bits per heavy atom. The number of fused-ring (bicyclic) bond motifs is 13. The van der Waals surface area contributed by atoms with E-state index in [4.69, 9.17) is 0 Å². The first-order valence-corrected chi connectivity index (χ1v) is 21.1. The van der Waals surface area contributed by atoms with Gasteiger partial charge in [-0.05, 0) is 122 Å². The molecular weight excluding hydrogens is 725 g/mol. The molecule has 282 valence electrons. The van der Waals surface area contributed by atoms with Gasteiger partial charge in [0.25, 0.3) is 0 Å². The molecular formula is C58H40N2. The lowest BCUT2D eigenvalue weighted by Crippen LogP contribution is -2.15. The zero-order chi connectivity index (χ0) is 39.7. The van der Waals surface area contributed by atoms with Gasteiger partial charge in [-0.15, -0.1) is 0 Å². The van der Waals surface area contributed by atoms with Gasteiger partial charge in [0.1, 0.15) is 0 Å². The summed E-state index contributed by atoms with van der Waals surface area (Å²) in [5.74, 6) is 0. The number of nitrogens with zero attached hydrogens (tertiary/aromatic N) is 2. The molecule has 2 heteroatoms. The van der Waals surface area contributed by atoms with Gasteiger partial charge < -0.3 is 9.13 Å². The van der Waals surface area contributed by atoms with Gasteiger partial charge in [-0.2, -0.15) is 0 Å². The van der Waals surface area contributed by atoms with E-state index in [2.05, 4.69) is 217 Å². The van der Waals surface area contributed by atoms with Gasteiger partial charge in [0.2, 0.25) is 0 Å². The smallest absolute Gasteiger partial charge is 0.0548 e. The van der Waals surface area contributed by atoms with E-state index in [1.165, 1.54) is 122 Å². The van der Waals surface area contributed by atoms with Crippen molar-refractivity contribution in [2.75, 3.05) is 0 Å². The second-order valence-electron chi connectivity index (χ2n) is 17.2. The van der Waals surface area contributed by atoms with E-state index < -0.39 is 0 Å². The van der Waals surface area contributed by atoms with Crippen molar-refractivity contribution in [3.8, 4) is 55.9 Å². The lowest BCUT2D eigenvalue weighted by molar-refractivity contribution is 0.660. The maximum Gasteiger partial charge on any atom is 0.0548 e. The summed E-state index contributed by atoms with van der Waals surface area (Å²) in [5, 5.41) is 5.13. The molecule has 13 rings (SSSR count). The Bertz CT molecular complexity index is 3590. The van der Waals surface area contributed by atoms with E-state index in [1.807, 2.05) is 0 Å². The Kier molecular flexibility index (Phi) is 6.88. The van der Waals surface area contributed by atoms with Crippen LogP contribution in [0.2, 0.25) is 0 Å². The fourth-order valence-electron chi connectivity index (χ4n) is 11.1. The van der Waals surface area contributed by atoms with Crippen LogP contribution in [0.25, 0.3) is 99.5 Å². The molecule has 11 aromatic rings. The van der Waals surface area contributed by atoms with Crippen molar-refractivity contribution in [1.29, 1.82) is 0 Å². The van der Waals surface area contributed by atoms with Crippen LogP contribution in [0, 0.1) is 0 Å². The van der Waals surface area contributed by atoms with Crippen molar-refractivity contribution in [1.82, 2.24) is 9.13 Å². The summed E-state index contributed by atoms with van der Waals surface area (Å²) in [6.07, 6.45) is 0.919. The first-order valence-electron chi connectivity index (χ1n) is 21.1. The highest BCUT2D eigenvalue weighted by molar-refractivity contribution is 6.29. The molecule has 0 fully saturated rings. The normalized spacial score (nSPS) is 13.6. The van der Waals surface area contributed by atoms with E-state index in [-0.39, 0.29) is 5.41 Å². The molecule has 2 aliphatic rings. The van der Waals surface area contributed by atoms with Crippen LogP contribution in [0.1, 0.15) is 36.1 Å². The fraction of sp³-hybridized carbons (Fsp3) is 0.0690. The molecule has 0 amide bonds. The Balaban J connectivity index is 0.991. The first kappa shape index (κ1) is 33.5. The summed E-state index contributed by atoms with van der Waals surface area (Å²) in [4.78, 5) is 0. The monoisotopic (exact) mass is 764 g/mol. The lowest BCUT2D eigenvalue weighted by Gasteiger charge is -2.22. The van der Waals surface area contributed by atoms with Crippen molar-refractivity contribution < 1.29 is 0 Å². The summed E-state index contributed by atoms with van der Waals surface area (Å²) in [5.41, 5.74) is 23.3. The summed E-state index contributed by atoms with van der Waals surface area (Å²) < 4.78 is 4.98. The van der Waals surface area contributed by atoms with E-state index >= 15 is 0 Å². The van der Waals surface area contributed by atoms with E-state index in [1.54, 1.807) is 0 Å². The predicted molar refractivity (Wildman–Crippen MR) is 252 cm³/mol. The second kappa shape index (κ2) is 12.3. The van der Waals surface area contributed by atoms with Crippen molar-refractivity contribution in [3.63, 3.8) is 0 Å². The Morgan fingerprint density at radius 2 is 0.850 bits per heavy atom. The third kappa shape index (κ3) is 4.53. The molecule has 0 aliphatic heterocycles. The second-order valence-corrected chi connectivity index (χ2v) is 17.2. The Labute approximate surface area is 349 Å². The molecule has 2 aliphatic carbocycles. The van der Waals surface area contributed by atoms with Gasteiger partial charge in [0.15, 0.2) is 0 Å². The summed E-state index contributed by atoms with van der Waals surface area (Å²) in [6, 6.07) is 72.4. The lowest BCUT2D eigenvalue weighted by atomic mass is 9.82. The van der Waals surface area contributed by atoms with Gasteiger partial charge in [0.05, 0.1) is 22.1 Å². The molecule has 0 N–H and O–H groups in total. The molecule has 0 bridgehead atoms. The summed E-state index contributed by atoms with van der Waals surface area (Å²) in [6.45, 7) is 4.74. The molecule has 0 saturated carbocycles. The van der Waals surface area contributed by atoms with Gasteiger partial charge >= 0.3 is 0 Å². The van der Waals surface area contributed by atoms with E-state index in [0.717, 1.165) is 6.42 Å². The zero-order valence-electron chi connectivity index (χ0n) is 33.6. The van der Waals surface area contributed by atoms with Crippen LogP contribution in [-0.4, -0.2) is 9.13 Å². The molecule has 2 aromatic heterocycles. The first-order chi connectivity index (χ1) is 29.5. The van der Waals surface area contributed by atoms with Gasteiger partial charge in [-0.3, -0.25) is 0 Å². The van der Waals surface area contributed by atoms with Crippen LogP contribution in [0.4, 0.5) is 0 Å². The van der Waals surface area contributed by atoms with Gasteiger partial charge in [0, 0.05) is 38.3 Å². The highest BCUT2D eigenvalue weighted by atomic mass is 15.0. The minimum absolute atomic E-state index is 0.0785. The highest BCUT2D eigenvalue weighted by Gasteiger charge is 2.35. The number of rotatable bonds is 4. The van der Waals surface area contributed by atoms with Crippen molar-refractivity contribution in [2.45, 2.75) is 25.7 Å². The van der Waals surface area contributed by atoms with E-state index in [0.29, 0.717) is 0 Å². The summed E-state index contributed by atoms with van der Waals surface area (Å²) >= 11 is 0. The van der Waals surface area contributed by atoms with Gasteiger partial charge in [-0.1, -0.05) is 159 Å². The average molecular weight is 765 g/mol. The fourth-order valence-corrected chi connectivity index (χ4v) is 11.1. The molecule has 2 heterocycles. The molecule has 0 spiro atoms. The largest absolute Gasteiger partial charge is 0.309 e. The number of aromatic nitrogens is 2. The number of benzene rings is 9. The molecule has 0 unspecified atom stereocenters. The topological polar surface area (TPSA) is 9.86 Å². The van der Waals surface area contributed by atoms with Crippen LogP contribution in [0.15, 0.2) is 194 Å². The third-order valence-electron chi connectivity index (χ3n) is 13.8. The number of hydrogen-bond donors (Lipinski definition) is 0. The standard InChI is InChI=1S/C58H40N2/c1-58(2)50-26-9-6-19-44(50)45-30-29-39(34-51(45)58)60-53-28-11-8-21-47(53)57-55(60)32-31-54-56(57)46-20-7-10-27-52(46)59(54)38-18-12-17-37(33-38)41-23-14-25-43-42-24-13-22-40(48(42)35-49(41)43)36-15-4-3-5-16-36/h3-34H,35H2,1-2H3. The van der Waals surface area contributed by atoms with Crippen LogP contribution in [0.5, 0.6) is 0 Å². The molecule has 0 saturated heterocycles. The van der Waals surface area contributed by atoms with Crippen molar-refractivity contribution in [2.24, 2.45) is 0 Å². The van der Waals surface area contributed by atoms with Gasteiger partial charge in [-0.25, -0.2) is 0 Å². The molecule has 60 heavy (non-hydrogen) atoms. The highest BCUT2D eigenvalue weighted by Crippen LogP contribution is 2.50. The van der Waals surface area contributed by atoms with Crippen molar-refractivity contribution in [3.05, 3.63) is 216 Å². The zero-order valence-corrected chi connectivity index (χ0v) is 33.6. The molecule has 0 atom stereocenters. The maximum absolute atomic E-state index is 2.49. The Morgan fingerprint density at radius 3 is 1.53 bits per heavy atom. The number of hydrogen-bond acceptors (Lipinski definition) is 0. The van der Waals surface area contributed by atoms with E-state index in [9.17, 15) is 0 Å². The minimum Gasteiger partial charge on any atom is -0.309 e. The molecule has 2 nitrogen and oxygen atoms in total. The van der Waals surface area contributed by atoms with Crippen LogP contribution in [0.3, 0.4) is 0 Å². The average Bonchev–Trinajstić information content (AvgIpc) is 4.02. The van der Waals surface area contributed by atoms with Crippen LogP contribution < -0.4 is 0 Å². The Hall–Kier alpha value is -7.42. The number of para-hydroxylation sites is 2.